The molecule has 2 bridgehead atoms. The molecule has 2 saturated carbocycles. The first-order valence-electron chi connectivity index (χ1n) is 20.8. The fourth-order valence-electron chi connectivity index (χ4n) is 11.0. The first kappa shape index (κ1) is 33.9. The highest BCUT2D eigenvalue weighted by Gasteiger charge is 2.46. The zero-order chi connectivity index (χ0) is 37.8. The molecule has 3 atom stereocenters. The minimum absolute atomic E-state index is 0.497. The standard InChI is InChI=1S/C56H45N/c1-5-16-40(17-6-1)48-25-15-26-49(41-18-7-2-8-19-41)55(48)57(46-32-30-42(31-33-46)52-37-39-28-29-43(52)36-39)47-34-35-51-50-24-13-14-27-53(50)56(54(51)38-47,44-20-9-3-10-21-44)45-22-11-4-12-23-45/h1-27,30-35,38-39,43,52H,28-29,36-37H2. The topological polar surface area (TPSA) is 3.24 Å². The second kappa shape index (κ2) is 13.9. The predicted molar refractivity (Wildman–Crippen MR) is 237 cm³/mol. The molecule has 3 unspecified atom stereocenters. The highest BCUT2D eigenvalue weighted by atomic mass is 15.1. The zero-order valence-corrected chi connectivity index (χ0v) is 32.1. The monoisotopic (exact) mass is 731 g/mol. The van der Waals surface area contributed by atoms with Crippen LogP contribution in [0.25, 0.3) is 33.4 Å². The molecule has 3 aliphatic carbocycles. The summed E-state index contributed by atoms with van der Waals surface area (Å²) < 4.78 is 0. The number of hydrogen-bond acceptors (Lipinski definition) is 1. The van der Waals surface area contributed by atoms with Gasteiger partial charge in [-0.2, -0.15) is 0 Å². The SMILES string of the molecule is c1ccc(-c2cccc(-c3ccccc3)c2N(c2ccc(C3CC4CCC3C4)cc2)c2ccc3c(c2)C(c2ccccc2)(c2ccccc2)c2ccccc2-3)cc1. The Kier molecular flexibility index (Phi) is 8.28. The van der Waals surface area contributed by atoms with Gasteiger partial charge in [0.2, 0.25) is 0 Å². The largest absolute Gasteiger partial charge is 0.309 e. The molecule has 0 amide bonds. The third-order valence-electron chi connectivity index (χ3n) is 13.4. The maximum atomic E-state index is 2.55. The lowest BCUT2D eigenvalue weighted by molar-refractivity contribution is 0.420. The van der Waals surface area contributed by atoms with E-state index in [0.717, 1.165) is 17.5 Å². The fourth-order valence-corrected chi connectivity index (χ4v) is 11.0. The van der Waals surface area contributed by atoms with Crippen LogP contribution in [0.1, 0.15) is 59.4 Å². The molecular weight excluding hydrogens is 687 g/mol. The predicted octanol–water partition coefficient (Wildman–Crippen LogP) is 14.8. The average molecular weight is 732 g/mol. The quantitative estimate of drug-likeness (QED) is 0.150. The number of benzene rings is 8. The summed E-state index contributed by atoms with van der Waals surface area (Å²) in [5, 5.41) is 0. The molecule has 274 valence electrons. The van der Waals surface area contributed by atoms with E-state index in [4.69, 9.17) is 0 Å². The van der Waals surface area contributed by atoms with Crippen LogP contribution < -0.4 is 4.90 Å². The number of para-hydroxylation sites is 1. The minimum atomic E-state index is -0.497. The Labute approximate surface area is 336 Å². The molecule has 0 saturated heterocycles. The lowest BCUT2D eigenvalue weighted by Gasteiger charge is -2.35. The zero-order valence-electron chi connectivity index (χ0n) is 32.1. The van der Waals surface area contributed by atoms with E-state index in [1.54, 1.807) is 0 Å². The van der Waals surface area contributed by atoms with Crippen molar-refractivity contribution in [3.05, 3.63) is 234 Å². The molecule has 2 fully saturated rings. The third kappa shape index (κ3) is 5.52. The van der Waals surface area contributed by atoms with Crippen LogP contribution in [0.4, 0.5) is 17.1 Å². The molecule has 8 aromatic carbocycles. The molecule has 8 aromatic rings. The van der Waals surface area contributed by atoms with E-state index in [1.807, 2.05) is 0 Å². The van der Waals surface area contributed by atoms with E-state index in [9.17, 15) is 0 Å². The van der Waals surface area contributed by atoms with Gasteiger partial charge in [0.25, 0.3) is 0 Å². The van der Waals surface area contributed by atoms with Crippen molar-refractivity contribution >= 4 is 17.1 Å². The first-order valence-corrected chi connectivity index (χ1v) is 20.8. The summed E-state index contributed by atoms with van der Waals surface area (Å²) in [7, 11) is 0. The summed E-state index contributed by atoms with van der Waals surface area (Å²) in [6, 6.07) is 77.0. The van der Waals surface area contributed by atoms with E-state index >= 15 is 0 Å². The smallest absolute Gasteiger partial charge is 0.0714 e. The Morgan fingerprint density at radius 2 is 0.930 bits per heavy atom. The van der Waals surface area contributed by atoms with Crippen molar-refractivity contribution in [3.8, 4) is 33.4 Å². The molecule has 1 nitrogen and oxygen atoms in total. The highest BCUT2D eigenvalue weighted by molar-refractivity contribution is 5.98. The van der Waals surface area contributed by atoms with E-state index in [1.165, 1.54) is 98.3 Å². The van der Waals surface area contributed by atoms with Crippen LogP contribution >= 0.6 is 0 Å². The Hall–Kier alpha value is -6.44. The summed E-state index contributed by atoms with van der Waals surface area (Å²) in [5.74, 6) is 2.42. The fraction of sp³-hybridized carbons (Fsp3) is 0.143. The van der Waals surface area contributed by atoms with Gasteiger partial charge in [-0.1, -0.05) is 188 Å². The maximum absolute atomic E-state index is 2.55. The van der Waals surface area contributed by atoms with Gasteiger partial charge >= 0.3 is 0 Å². The van der Waals surface area contributed by atoms with Gasteiger partial charge in [-0.05, 0) is 111 Å². The summed E-state index contributed by atoms with van der Waals surface area (Å²) in [4.78, 5) is 2.55. The van der Waals surface area contributed by atoms with Crippen molar-refractivity contribution < 1.29 is 0 Å². The van der Waals surface area contributed by atoms with Crippen molar-refractivity contribution in [1.29, 1.82) is 0 Å². The molecule has 0 N–H and O–H groups in total. The van der Waals surface area contributed by atoms with Gasteiger partial charge in [0.1, 0.15) is 0 Å². The summed E-state index contributed by atoms with van der Waals surface area (Å²) >= 11 is 0. The minimum Gasteiger partial charge on any atom is -0.309 e. The number of hydrogen-bond donors (Lipinski definition) is 0. The second-order valence-corrected chi connectivity index (χ2v) is 16.4. The molecule has 11 rings (SSSR count). The van der Waals surface area contributed by atoms with Crippen LogP contribution in [0.2, 0.25) is 0 Å². The van der Waals surface area contributed by atoms with Gasteiger partial charge in [0.05, 0.1) is 11.1 Å². The Morgan fingerprint density at radius 3 is 1.51 bits per heavy atom. The average Bonchev–Trinajstić information content (AvgIpc) is 4.01. The molecule has 0 aliphatic heterocycles. The lowest BCUT2D eigenvalue weighted by atomic mass is 9.67. The van der Waals surface area contributed by atoms with Gasteiger partial charge in [0.15, 0.2) is 0 Å². The molecule has 3 aliphatic rings. The molecule has 57 heavy (non-hydrogen) atoms. The van der Waals surface area contributed by atoms with E-state index in [2.05, 4.69) is 211 Å². The van der Waals surface area contributed by atoms with Crippen LogP contribution in [0.5, 0.6) is 0 Å². The van der Waals surface area contributed by atoms with E-state index < -0.39 is 5.41 Å². The summed E-state index contributed by atoms with van der Waals surface area (Å²) in [5.41, 5.74) is 17.1. The van der Waals surface area contributed by atoms with Crippen molar-refractivity contribution in [2.75, 3.05) is 4.90 Å². The van der Waals surface area contributed by atoms with Crippen molar-refractivity contribution in [2.45, 2.75) is 37.0 Å². The van der Waals surface area contributed by atoms with Crippen molar-refractivity contribution in [3.63, 3.8) is 0 Å². The number of nitrogens with zero attached hydrogens (tertiary/aromatic N) is 1. The summed E-state index contributed by atoms with van der Waals surface area (Å²) in [6.45, 7) is 0. The highest BCUT2D eigenvalue weighted by Crippen LogP contribution is 2.58. The van der Waals surface area contributed by atoms with Crippen LogP contribution in [-0.2, 0) is 5.41 Å². The van der Waals surface area contributed by atoms with Crippen LogP contribution in [0.15, 0.2) is 206 Å². The Bertz CT molecular complexity index is 2580. The second-order valence-electron chi connectivity index (χ2n) is 16.4. The van der Waals surface area contributed by atoms with Crippen LogP contribution in [-0.4, -0.2) is 0 Å². The van der Waals surface area contributed by atoms with Crippen LogP contribution in [0, 0.1) is 11.8 Å². The molecule has 0 spiro atoms. The maximum Gasteiger partial charge on any atom is 0.0714 e. The lowest BCUT2D eigenvalue weighted by Crippen LogP contribution is -2.28. The number of anilines is 3. The Morgan fingerprint density at radius 1 is 0.404 bits per heavy atom. The normalized spacial score (nSPS) is 18.6. The molecule has 0 aromatic heterocycles. The van der Waals surface area contributed by atoms with Crippen molar-refractivity contribution in [1.82, 2.24) is 0 Å². The summed E-state index contributed by atoms with van der Waals surface area (Å²) in [6.07, 6.45) is 5.55. The molecule has 1 heteroatoms. The van der Waals surface area contributed by atoms with Gasteiger partial charge < -0.3 is 4.90 Å². The van der Waals surface area contributed by atoms with Gasteiger partial charge in [-0.15, -0.1) is 0 Å². The Balaban J connectivity index is 1.19. The van der Waals surface area contributed by atoms with E-state index in [-0.39, 0.29) is 0 Å². The number of rotatable bonds is 8. The molecule has 0 heterocycles. The van der Waals surface area contributed by atoms with Crippen molar-refractivity contribution in [2.24, 2.45) is 11.8 Å². The number of fused-ring (bicyclic) bond motifs is 5. The molecule has 0 radical (unpaired) electrons. The first-order chi connectivity index (χ1) is 28.3. The van der Waals surface area contributed by atoms with Gasteiger partial charge in [-0.25, -0.2) is 0 Å². The van der Waals surface area contributed by atoms with Gasteiger partial charge in [-0.3, -0.25) is 0 Å². The van der Waals surface area contributed by atoms with Crippen LogP contribution in [0.3, 0.4) is 0 Å². The van der Waals surface area contributed by atoms with Gasteiger partial charge in [0, 0.05) is 22.5 Å². The molecular formula is C56H45N. The van der Waals surface area contributed by atoms with E-state index in [0.29, 0.717) is 5.92 Å². The third-order valence-corrected chi connectivity index (χ3v) is 13.4.